The first-order valence-electron chi connectivity index (χ1n) is 9.06. The summed E-state index contributed by atoms with van der Waals surface area (Å²) < 4.78 is 11.9. The van der Waals surface area contributed by atoms with Crippen molar-refractivity contribution in [1.29, 1.82) is 0 Å². The van der Waals surface area contributed by atoms with Crippen LogP contribution in [0.4, 0.5) is 0 Å². The van der Waals surface area contributed by atoms with E-state index in [-0.39, 0.29) is 13.2 Å². The SMILES string of the molecule is CCOC(=O)C(Sc1nnc(-c2ccncc2)n1-c1ccccc1)C(=O)OCC. The standard InChI is InChI=1S/C20H20N4O4S/c1-3-27-18(25)16(19(26)28-4-2)29-20-23-22-17(14-10-12-21-13-11-14)24(20)15-8-6-5-7-9-15/h5-13,16H,3-4H2,1-2H3. The maximum atomic E-state index is 12.4. The number of aromatic nitrogens is 4. The number of carbonyl (C=O) groups excluding carboxylic acids is 2. The zero-order valence-electron chi connectivity index (χ0n) is 16.0. The van der Waals surface area contributed by atoms with Crippen LogP contribution >= 0.6 is 11.8 Å². The maximum absolute atomic E-state index is 12.4. The van der Waals surface area contributed by atoms with Crippen molar-refractivity contribution in [2.75, 3.05) is 13.2 Å². The monoisotopic (exact) mass is 412 g/mol. The van der Waals surface area contributed by atoms with E-state index >= 15 is 0 Å². The molecule has 0 unspecified atom stereocenters. The average molecular weight is 412 g/mol. The van der Waals surface area contributed by atoms with Crippen LogP contribution in [-0.4, -0.2) is 50.2 Å². The summed E-state index contributed by atoms with van der Waals surface area (Å²) >= 11 is 0.946. The van der Waals surface area contributed by atoms with E-state index in [1.165, 1.54) is 0 Å². The number of thioether (sulfide) groups is 1. The van der Waals surface area contributed by atoms with Crippen molar-refractivity contribution in [2.45, 2.75) is 24.3 Å². The molecule has 3 rings (SSSR count). The third-order valence-electron chi connectivity index (χ3n) is 3.81. The lowest BCUT2D eigenvalue weighted by atomic mass is 10.2. The topological polar surface area (TPSA) is 96.2 Å². The molecule has 0 aliphatic heterocycles. The van der Waals surface area contributed by atoms with Crippen molar-refractivity contribution in [3.63, 3.8) is 0 Å². The second-order valence-electron chi connectivity index (χ2n) is 5.72. The first kappa shape index (κ1) is 20.5. The van der Waals surface area contributed by atoms with E-state index in [9.17, 15) is 9.59 Å². The second kappa shape index (κ2) is 9.83. The number of carbonyl (C=O) groups is 2. The molecule has 0 amide bonds. The molecular weight excluding hydrogens is 392 g/mol. The summed E-state index contributed by atoms with van der Waals surface area (Å²) in [5.74, 6) is -0.791. The Morgan fingerprint density at radius 1 is 0.966 bits per heavy atom. The lowest BCUT2D eigenvalue weighted by Crippen LogP contribution is -2.31. The molecule has 0 aliphatic rings. The minimum absolute atomic E-state index is 0.156. The summed E-state index contributed by atoms with van der Waals surface area (Å²) in [6.45, 7) is 3.67. The van der Waals surface area contributed by atoms with Crippen molar-refractivity contribution in [3.05, 3.63) is 54.9 Å². The number of pyridine rings is 1. The zero-order valence-corrected chi connectivity index (χ0v) is 16.8. The Morgan fingerprint density at radius 2 is 1.59 bits per heavy atom. The molecule has 3 aromatic rings. The van der Waals surface area contributed by atoms with Gasteiger partial charge in [0.15, 0.2) is 11.0 Å². The highest BCUT2D eigenvalue weighted by atomic mass is 32.2. The Morgan fingerprint density at radius 3 is 2.17 bits per heavy atom. The first-order chi connectivity index (χ1) is 14.2. The molecule has 0 saturated heterocycles. The highest BCUT2D eigenvalue weighted by molar-refractivity contribution is 8.01. The predicted octanol–water partition coefficient (Wildman–Crippen LogP) is 2.92. The number of rotatable bonds is 8. The van der Waals surface area contributed by atoms with Crippen molar-refractivity contribution < 1.29 is 19.1 Å². The largest absolute Gasteiger partial charge is 0.465 e. The van der Waals surface area contributed by atoms with Crippen LogP contribution in [0.15, 0.2) is 60.0 Å². The molecule has 0 aliphatic carbocycles. The van der Waals surface area contributed by atoms with Crippen LogP contribution < -0.4 is 0 Å². The van der Waals surface area contributed by atoms with E-state index in [0.29, 0.717) is 11.0 Å². The normalized spacial score (nSPS) is 10.7. The fourth-order valence-corrected chi connectivity index (χ4v) is 3.50. The van der Waals surface area contributed by atoms with Gasteiger partial charge in [0.25, 0.3) is 0 Å². The number of ether oxygens (including phenoxy) is 2. The summed E-state index contributed by atoms with van der Waals surface area (Å²) in [7, 11) is 0. The van der Waals surface area contributed by atoms with Crippen LogP contribution in [0.5, 0.6) is 0 Å². The van der Waals surface area contributed by atoms with E-state index in [2.05, 4.69) is 15.2 Å². The molecule has 0 N–H and O–H groups in total. The fraction of sp³-hybridized carbons (Fsp3) is 0.250. The lowest BCUT2D eigenvalue weighted by Gasteiger charge is -2.15. The highest BCUT2D eigenvalue weighted by Crippen LogP contribution is 2.31. The zero-order chi connectivity index (χ0) is 20.6. The molecule has 2 aromatic heterocycles. The predicted molar refractivity (Wildman–Crippen MR) is 108 cm³/mol. The Balaban J connectivity index is 2.05. The van der Waals surface area contributed by atoms with Gasteiger partial charge < -0.3 is 9.47 Å². The van der Waals surface area contributed by atoms with Gasteiger partial charge in [-0.3, -0.25) is 19.1 Å². The molecule has 29 heavy (non-hydrogen) atoms. The van der Waals surface area contributed by atoms with Crippen LogP contribution in [0.3, 0.4) is 0 Å². The molecule has 8 nitrogen and oxygen atoms in total. The van der Waals surface area contributed by atoms with Crippen molar-refractivity contribution in [3.8, 4) is 17.1 Å². The number of hydrogen-bond donors (Lipinski definition) is 0. The highest BCUT2D eigenvalue weighted by Gasteiger charge is 2.33. The van der Waals surface area contributed by atoms with Gasteiger partial charge in [-0.2, -0.15) is 0 Å². The van der Waals surface area contributed by atoms with Crippen molar-refractivity contribution >= 4 is 23.7 Å². The third-order valence-corrected chi connectivity index (χ3v) is 4.91. The summed E-state index contributed by atoms with van der Waals surface area (Å²) in [4.78, 5) is 28.8. The quantitative estimate of drug-likeness (QED) is 0.317. The van der Waals surface area contributed by atoms with E-state index < -0.39 is 17.2 Å². The summed E-state index contributed by atoms with van der Waals surface area (Å²) in [6.07, 6.45) is 3.32. The van der Waals surface area contributed by atoms with Gasteiger partial charge in [-0.05, 0) is 38.1 Å². The van der Waals surface area contributed by atoms with Crippen LogP contribution in [0.25, 0.3) is 17.1 Å². The van der Waals surface area contributed by atoms with Crippen LogP contribution in [0, 0.1) is 0 Å². The minimum Gasteiger partial charge on any atom is -0.465 e. The Hall–Kier alpha value is -3.20. The van der Waals surface area contributed by atoms with Crippen molar-refractivity contribution in [2.24, 2.45) is 0 Å². The number of esters is 2. The molecular formula is C20H20N4O4S. The smallest absolute Gasteiger partial charge is 0.331 e. The summed E-state index contributed by atoms with van der Waals surface area (Å²) in [6, 6.07) is 13.1. The van der Waals surface area contributed by atoms with E-state index in [1.807, 2.05) is 42.5 Å². The van der Waals surface area contributed by atoms with E-state index in [1.54, 1.807) is 30.8 Å². The average Bonchev–Trinajstić information content (AvgIpc) is 3.17. The second-order valence-corrected chi connectivity index (χ2v) is 6.79. The third kappa shape index (κ3) is 4.80. The molecule has 0 bridgehead atoms. The Kier molecular flexibility index (Phi) is 6.96. The van der Waals surface area contributed by atoms with Gasteiger partial charge >= 0.3 is 11.9 Å². The fourth-order valence-electron chi connectivity index (χ4n) is 2.58. The van der Waals surface area contributed by atoms with Gasteiger partial charge in [0.2, 0.25) is 5.25 Å². The van der Waals surface area contributed by atoms with Gasteiger partial charge in [0, 0.05) is 23.6 Å². The number of para-hydroxylation sites is 1. The van der Waals surface area contributed by atoms with Gasteiger partial charge in [-0.1, -0.05) is 30.0 Å². The molecule has 0 saturated carbocycles. The molecule has 2 heterocycles. The van der Waals surface area contributed by atoms with Gasteiger partial charge in [0.1, 0.15) is 0 Å². The lowest BCUT2D eigenvalue weighted by molar-refractivity contribution is -0.152. The molecule has 0 radical (unpaired) electrons. The summed E-state index contributed by atoms with van der Waals surface area (Å²) in [5, 5.41) is 7.69. The Bertz CT molecular complexity index is 945. The first-order valence-corrected chi connectivity index (χ1v) is 9.94. The minimum atomic E-state index is -1.20. The molecule has 0 fully saturated rings. The van der Waals surface area contributed by atoms with Crippen LogP contribution in [0.1, 0.15) is 13.8 Å². The van der Waals surface area contributed by atoms with Crippen LogP contribution in [-0.2, 0) is 19.1 Å². The number of hydrogen-bond acceptors (Lipinski definition) is 8. The van der Waals surface area contributed by atoms with E-state index in [4.69, 9.17) is 9.47 Å². The summed E-state index contributed by atoms with van der Waals surface area (Å²) in [5.41, 5.74) is 1.59. The molecule has 150 valence electrons. The van der Waals surface area contributed by atoms with Crippen LogP contribution in [0.2, 0.25) is 0 Å². The van der Waals surface area contributed by atoms with Crippen molar-refractivity contribution in [1.82, 2.24) is 19.7 Å². The Labute approximate surface area is 172 Å². The molecule has 0 atom stereocenters. The molecule has 9 heteroatoms. The van der Waals surface area contributed by atoms with Gasteiger partial charge in [0.05, 0.1) is 13.2 Å². The van der Waals surface area contributed by atoms with Gasteiger partial charge in [-0.25, -0.2) is 0 Å². The molecule has 0 spiro atoms. The van der Waals surface area contributed by atoms with E-state index in [0.717, 1.165) is 23.0 Å². The molecule has 1 aromatic carbocycles. The van der Waals surface area contributed by atoms with Gasteiger partial charge in [-0.15, -0.1) is 10.2 Å². The number of benzene rings is 1. The maximum Gasteiger partial charge on any atom is 0.331 e. The number of nitrogens with zero attached hydrogens (tertiary/aromatic N) is 4.